The minimum Gasteiger partial charge on any atom is -0.396 e. The Labute approximate surface area is 142 Å². The molecule has 4 N–H and O–H groups in total. The largest absolute Gasteiger partial charge is 0.396 e. The Bertz CT molecular complexity index is 703. The summed E-state index contributed by atoms with van der Waals surface area (Å²) in [6.07, 6.45) is 0. The lowest BCUT2D eigenvalue weighted by Gasteiger charge is -2.00. The van der Waals surface area contributed by atoms with Gasteiger partial charge in [-0.1, -0.05) is 0 Å². The Balaban J connectivity index is 0.000000240. The third kappa shape index (κ3) is 4.59. The summed E-state index contributed by atoms with van der Waals surface area (Å²) >= 11 is 2.90. The molecule has 0 unspecified atom stereocenters. The second-order valence-corrected chi connectivity index (χ2v) is 5.35. The summed E-state index contributed by atoms with van der Waals surface area (Å²) in [5.74, 6) is -1.54. The molecule has 128 valence electrons. The molecule has 0 aromatic heterocycles. The number of hydrogen-bond acceptors (Lipinski definition) is 6. The van der Waals surface area contributed by atoms with E-state index in [1.807, 2.05) is 0 Å². The molecule has 24 heavy (non-hydrogen) atoms. The number of non-ortho nitro benzene ring substituents is 2. The fraction of sp³-hybridized carbons (Fsp3) is 0.0769. The number of nitro benzene ring substituents is 2. The van der Waals surface area contributed by atoms with Gasteiger partial charge in [-0.25, -0.2) is 8.78 Å². The van der Waals surface area contributed by atoms with E-state index in [1.54, 1.807) is 0 Å². The predicted octanol–water partition coefficient (Wildman–Crippen LogP) is 3.70. The smallest absolute Gasteiger partial charge is 0.273 e. The Hall–Kier alpha value is -2.82. The van der Waals surface area contributed by atoms with Gasteiger partial charge in [0.05, 0.1) is 37.8 Å². The average Bonchev–Trinajstić information content (AvgIpc) is 2.49. The molecule has 0 bridgehead atoms. The van der Waals surface area contributed by atoms with Gasteiger partial charge >= 0.3 is 0 Å². The fourth-order valence-corrected chi connectivity index (χ4v) is 1.94. The van der Waals surface area contributed by atoms with Crippen molar-refractivity contribution in [1.29, 1.82) is 0 Å². The van der Waals surface area contributed by atoms with Crippen molar-refractivity contribution in [1.82, 2.24) is 0 Å². The molecule has 0 atom stereocenters. The van der Waals surface area contributed by atoms with E-state index < -0.39 is 21.5 Å². The first-order valence-corrected chi connectivity index (χ1v) is 6.92. The van der Waals surface area contributed by atoms with Crippen LogP contribution in [0.1, 0.15) is 5.56 Å². The fourth-order valence-electron chi connectivity index (χ4n) is 1.52. The van der Waals surface area contributed by atoms with Gasteiger partial charge < -0.3 is 11.5 Å². The first-order chi connectivity index (χ1) is 11.0. The lowest BCUT2D eigenvalue weighted by atomic mass is 10.2. The van der Waals surface area contributed by atoms with E-state index in [0.29, 0.717) is 5.56 Å². The van der Waals surface area contributed by atoms with Crippen molar-refractivity contribution in [2.75, 3.05) is 11.5 Å². The first-order valence-electron chi connectivity index (χ1n) is 6.13. The van der Waals surface area contributed by atoms with Gasteiger partial charge in [0.1, 0.15) is 0 Å². The topological polar surface area (TPSA) is 138 Å². The highest BCUT2D eigenvalue weighted by Crippen LogP contribution is 2.27. The zero-order valence-electron chi connectivity index (χ0n) is 12.1. The van der Waals surface area contributed by atoms with Gasteiger partial charge in [-0.05, 0) is 28.4 Å². The summed E-state index contributed by atoms with van der Waals surface area (Å²) < 4.78 is 25.7. The third-order valence-corrected chi connectivity index (χ3v) is 3.46. The number of nitrogens with two attached hydrogens (primary N) is 2. The van der Waals surface area contributed by atoms with E-state index in [2.05, 4.69) is 15.9 Å². The maximum absolute atomic E-state index is 12.8. The van der Waals surface area contributed by atoms with Gasteiger partial charge in [0.25, 0.3) is 11.4 Å². The monoisotopic (exact) mass is 404 g/mol. The van der Waals surface area contributed by atoms with Crippen molar-refractivity contribution in [3.05, 3.63) is 66.2 Å². The van der Waals surface area contributed by atoms with E-state index in [9.17, 15) is 29.0 Å². The van der Waals surface area contributed by atoms with Crippen LogP contribution in [0.4, 0.5) is 31.5 Å². The number of nitrogens with zero attached hydrogens (tertiary/aromatic N) is 2. The highest BCUT2D eigenvalue weighted by atomic mass is 79.9. The number of halogens is 3. The van der Waals surface area contributed by atoms with Crippen molar-refractivity contribution in [3.8, 4) is 0 Å². The van der Waals surface area contributed by atoms with Gasteiger partial charge in [-0.2, -0.15) is 0 Å². The normalized spacial score (nSPS) is 9.83. The van der Waals surface area contributed by atoms with E-state index in [0.717, 1.165) is 18.2 Å². The molecule has 0 heterocycles. The lowest BCUT2D eigenvalue weighted by molar-refractivity contribution is -0.385. The zero-order chi connectivity index (χ0) is 18.6. The van der Waals surface area contributed by atoms with Crippen molar-refractivity contribution >= 4 is 38.7 Å². The maximum Gasteiger partial charge on any atom is 0.273 e. The van der Waals surface area contributed by atoms with E-state index >= 15 is 0 Å². The molecule has 0 saturated carbocycles. The van der Waals surface area contributed by atoms with E-state index in [4.69, 9.17) is 11.5 Å². The molecule has 2 aromatic carbocycles. The van der Waals surface area contributed by atoms with Crippen LogP contribution < -0.4 is 11.5 Å². The molecule has 0 aliphatic heterocycles. The van der Waals surface area contributed by atoms with Crippen molar-refractivity contribution in [2.45, 2.75) is 6.92 Å². The molecular formula is C13H11BrF2N4O4. The molecule has 0 saturated heterocycles. The van der Waals surface area contributed by atoms with E-state index in [-0.39, 0.29) is 27.2 Å². The average molecular weight is 405 g/mol. The minimum absolute atomic E-state index is 0.0411. The molecule has 0 aliphatic carbocycles. The molecule has 0 amide bonds. The quantitative estimate of drug-likeness (QED) is 0.444. The number of hydrogen-bond donors (Lipinski definition) is 2. The molecule has 0 fully saturated rings. The predicted molar refractivity (Wildman–Crippen MR) is 87.4 cm³/mol. The molecule has 8 nitrogen and oxygen atoms in total. The summed E-state index contributed by atoms with van der Waals surface area (Å²) in [5, 5.41) is 20.4. The SMILES string of the molecule is Cc1cc([N+](=O)[O-])cc(F)c1N.Nc1c(F)cc([N+](=O)[O-])cc1Br. The molecule has 2 aromatic rings. The lowest BCUT2D eigenvalue weighted by Crippen LogP contribution is -1.97. The highest BCUT2D eigenvalue weighted by molar-refractivity contribution is 9.10. The number of nitro groups is 2. The van der Waals surface area contributed by atoms with Gasteiger partial charge in [0.15, 0.2) is 11.6 Å². The molecule has 0 spiro atoms. The van der Waals surface area contributed by atoms with Gasteiger partial charge in [0, 0.05) is 12.1 Å². The van der Waals surface area contributed by atoms with Crippen molar-refractivity contribution < 1.29 is 18.6 Å². The first kappa shape index (κ1) is 19.2. The van der Waals surface area contributed by atoms with Crippen LogP contribution in [-0.2, 0) is 0 Å². The second-order valence-electron chi connectivity index (χ2n) is 4.50. The summed E-state index contributed by atoms with van der Waals surface area (Å²) in [4.78, 5) is 19.1. The van der Waals surface area contributed by atoms with Crippen LogP contribution in [-0.4, -0.2) is 9.85 Å². The van der Waals surface area contributed by atoms with Gasteiger partial charge in [-0.3, -0.25) is 20.2 Å². The number of anilines is 2. The van der Waals surface area contributed by atoms with Crippen LogP contribution in [0.3, 0.4) is 0 Å². The van der Waals surface area contributed by atoms with Crippen LogP contribution in [0.25, 0.3) is 0 Å². The zero-order valence-corrected chi connectivity index (χ0v) is 13.7. The minimum atomic E-state index is -0.795. The molecule has 0 radical (unpaired) electrons. The standard InChI is InChI=1S/C7H7FN2O2.C6H4BrFN2O2/c1-4-2-5(10(11)12)3-6(8)7(4)9;7-4-1-3(10(11)12)2-5(8)6(4)9/h2-3H,9H2,1H3;1-2H,9H2. The van der Waals surface area contributed by atoms with Gasteiger partial charge in [0.2, 0.25) is 0 Å². The summed E-state index contributed by atoms with van der Waals surface area (Å²) in [5.41, 5.74) is 10.1. The second kappa shape index (κ2) is 7.64. The van der Waals surface area contributed by atoms with E-state index in [1.165, 1.54) is 13.0 Å². The summed E-state index contributed by atoms with van der Waals surface area (Å²) in [6.45, 7) is 1.52. The Kier molecular flexibility index (Phi) is 6.12. The van der Waals surface area contributed by atoms with Crippen LogP contribution in [0.2, 0.25) is 0 Å². The number of nitrogen functional groups attached to an aromatic ring is 2. The molecule has 11 heteroatoms. The highest BCUT2D eigenvalue weighted by Gasteiger charge is 2.13. The molecule has 2 rings (SSSR count). The van der Waals surface area contributed by atoms with Gasteiger partial charge in [-0.15, -0.1) is 0 Å². The third-order valence-electron chi connectivity index (χ3n) is 2.81. The maximum atomic E-state index is 12.8. The van der Waals surface area contributed by atoms with Crippen LogP contribution in [0.5, 0.6) is 0 Å². The number of benzene rings is 2. The van der Waals surface area contributed by atoms with Crippen molar-refractivity contribution in [3.63, 3.8) is 0 Å². The van der Waals surface area contributed by atoms with Crippen molar-refractivity contribution in [2.24, 2.45) is 0 Å². The Morgan fingerprint density at radius 1 is 0.917 bits per heavy atom. The summed E-state index contributed by atoms with van der Waals surface area (Å²) in [6, 6.07) is 3.97. The Morgan fingerprint density at radius 3 is 1.71 bits per heavy atom. The number of aryl methyl sites for hydroxylation is 1. The molecule has 0 aliphatic rings. The number of rotatable bonds is 2. The van der Waals surface area contributed by atoms with Crippen LogP contribution in [0, 0.1) is 38.8 Å². The van der Waals surface area contributed by atoms with Crippen LogP contribution >= 0.6 is 15.9 Å². The Morgan fingerprint density at radius 2 is 1.33 bits per heavy atom. The van der Waals surface area contributed by atoms with Crippen LogP contribution in [0.15, 0.2) is 28.7 Å². The summed E-state index contributed by atoms with van der Waals surface area (Å²) in [7, 11) is 0. The molecular weight excluding hydrogens is 394 g/mol.